The lowest BCUT2D eigenvalue weighted by atomic mass is 9.95. The first-order chi connectivity index (χ1) is 8.40. The van der Waals surface area contributed by atoms with Gasteiger partial charge in [0.2, 0.25) is 0 Å². The number of nitrogens with one attached hydrogen (secondary N) is 1. The van der Waals surface area contributed by atoms with E-state index in [2.05, 4.69) is 5.32 Å². The first-order valence-electron chi connectivity index (χ1n) is 6.59. The molecule has 106 valence electrons. The van der Waals surface area contributed by atoms with Crippen LogP contribution in [0.5, 0.6) is 0 Å². The van der Waals surface area contributed by atoms with Gasteiger partial charge in [0, 0.05) is 13.2 Å². The second kappa shape index (κ2) is 6.95. The molecule has 18 heavy (non-hydrogen) atoms. The summed E-state index contributed by atoms with van der Waals surface area (Å²) < 4.78 is 10.6. The Balaban J connectivity index is 2.34. The van der Waals surface area contributed by atoms with E-state index in [1.165, 1.54) is 0 Å². The van der Waals surface area contributed by atoms with E-state index >= 15 is 0 Å². The molecule has 1 rings (SSSR count). The number of ether oxygens (including phenoxy) is 2. The fourth-order valence-electron chi connectivity index (χ4n) is 2.05. The van der Waals surface area contributed by atoms with Crippen LogP contribution in [0.4, 0.5) is 4.79 Å². The Bertz CT molecular complexity index is 256. The molecule has 0 aliphatic carbocycles. The first-order valence-corrected chi connectivity index (χ1v) is 6.59. The summed E-state index contributed by atoms with van der Waals surface area (Å²) in [6, 6.07) is -0.258. The van der Waals surface area contributed by atoms with Gasteiger partial charge in [-0.3, -0.25) is 0 Å². The quantitative estimate of drug-likeness (QED) is 0.806. The lowest BCUT2D eigenvalue weighted by Crippen LogP contribution is -2.42. The maximum atomic E-state index is 11.6. The molecule has 1 heterocycles. The van der Waals surface area contributed by atoms with Gasteiger partial charge in [-0.05, 0) is 46.0 Å². The van der Waals surface area contributed by atoms with Crippen molar-refractivity contribution in [1.29, 1.82) is 0 Å². The fraction of sp³-hybridized carbons (Fsp3) is 0.923. The van der Waals surface area contributed by atoms with Crippen molar-refractivity contribution in [1.82, 2.24) is 5.32 Å². The van der Waals surface area contributed by atoms with Gasteiger partial charge in [-0.15, -0.1) is 0 Å². The number of hydrogen-bond donors (Lipinski definition) is 2. The third kappa shape index (κ3) is 6.21. The largest absolute Gasteiger partial charge is 0.444 e. The summed E-state index contributed by atoms with van der Waals surface area (Å²) in [5.41, 5.74) is -0.516. The number of amides is 1. The molecular formula is C13H25NO4. The molecule has 1 saturated heterocycles. The summed E-state index contributed by atoms with van der Waals surface area (Å²) >= 11 is 0. The number of alkyl carbamates (subject to hydrolysis) is 1. The molecule has 2 N–H and O–H groups in total. The smallest absolute Gasteiger partial charge is 0.407 e. The molecule has 0 bridgehead atoms. The molecule has 0 aromatic carbocycles. The number of rotatable bonds is 4. The highest BCUT2D eigenvalue weighted by molar-refractivity contribution is 5.68. The van der Waals surface area contributed by atoms with Gasteiger partial charge in [-0.1, -0.05) is 0 Å². The van der Waals surface area contributed by atoms with Gasteiger partial charge in [0.1, 0.15) is 5.60 Å². The van der Waals surface area contributed by atoms with Gasteiger partial charge in [0.05, 0.1) is 12.6 Å². The molecular weight excluding hydrogens is 234 g/mol. The van der Waals surface area contributed by atoms with Crippen LogP contribution >= 0.6 is 0 Å². The van der Waals surface area contributed by atoms with Crippen LogP contribution in [0.15, 0.2) is 0 Å². The van der Waals surface area contributed by atoms with Gasteiger partial charge < -0.3 is 19.9 Å². The van der Waals surface area contributed by atoms with Crippen LogP contribution in [0, 0.1) is 5.92 Å². The van der Waals surface area contributed by atoms with Crippen LogP contribution < -0.4 is 5.32 Å². The van der Waals surface area contributed by atoms with Gasteiger partial charge in [-0.2, -0.15) is 0 Å². The Morgan fingerprint density at radius 1 is 1.56 bits per heavy atom. The molecule has 0 saturated carbocycles. The van der Waals surface area contributed by atoms with Gasteiger partial charge >= 0.3 is 6.09 Å². The Morgan fingerprint density at radius 3 is 2.78 bits per heavy atom. The molecule has 5 heteroatoms. The van der Waals surface area contributed by atoms with E-state index in [0.717, 1.165) is 25.9 Å². The van der Waals surface area contributed by atoms with E-state index in [0.29, 0.717) is 12.5 Å². The van der Waals surface area contributed by atoms with Crippen molar-refractivity contribution in [3.05, 3.63) is 0 Å². The van der Waals surface area contributed by atoms with Crippen LogP contribution in [0.3, 0.4) is 0 Å². The SMILES string of the molecule is CC(C)(C)OC(=O)NC(CO)C[C@H]1CCCOC1. The van der Waals surface area contributed by atoms with Crippen molar-refractivity contribution in [2.45, 2.75) is 51.7 Å². The Labute approximate surface area is 109 Å². The average Bonchev–Trinajstić information content (AvgIpc) is 2.27. The molecule has 1 aliphatic heterocycles. The van der Waals surface area contributed by atoms with Crippen molar-refractivity contribution >= 4 is 6.09 Å². The molecule has 1 fully saturated rings. The van der Waals surface area contributed by atoms with Gasteiger partial charge in [0.25, 0.3) is 0 Å². The number of carbonyl (C=O) groups excluding carboxylic acids is 1. The molecule has 1 amide bonds. The third-order valence-electron chi connectivity index (χ3n) is 2.81. The Kier molecular flexibility index (Phi) is 5.88. The Morgan fingerprint density at radius 2 is 2.28 bits per heavy atom. The third-order valence-corrected chi connectivity index (χ3v) is 2.81. The van der Waals surface area contributed by atoms with Crippen LogP contribution in [0.2, 0.25) is 0 Å². The van der Waals surface area contributed by atoms with Crippen LogP contribution in [-0.2, 0) is 9.47 Å². The predicted molar refractivity (Wildman–Crippen MR) is 68.4 cm³/mol. The zero-order valence-electron chi connectivity index (χ0n) is 11.6. The molecule has 0 radical (unpaired) electrons. The molecule has 0 spiro atoms. The summed E-state index contributed by atoms with van der Waals surface area (Å²) in [4.78, 5) is 11.6. The monoisotopic (exact) mass is 259 g/mol. The summed E-state index contributed by atoms with van der Waals surface area (Å²) in [5.74, 6) is 0.408. The van der Waals surface area contributed by atoms with E-state index in [-0.39, 0.29) is 12.6 Å². The zero-order valence-corrected chi connectivity index (χ0v) is 11.6. The predicted octanol–water partition coefficient (Wildman–Crippen LogP) is 1.69. The van der Waals surface area contributed by atoms with Gasteiger partial charge in [-0.25, -0.2) is 4.79 Å². The summed E-state index contributed by atoms with van der Waals surface area (Å²) in [5, 5.41) is 12.0. The second-order valence-electron chi connectivity index (χ2n) is 5.84. The van der Waals surface area contributed by atoms with Crippen molar-refractivity contribution in [2.75, 3.05) is 19.8 Å². The van der Waals surface area contributed by atoms with Crippen LogP contribution in [0.1, 0.15) is 40.0 Å². The lowest BCUT2D eigenvalue weighted by molar-refractivity contribution is 0.0343. The molecule has 5 nitrogen and oxygen atoms in total. The van der Waals surface area contributed by atoms with E-state index in [4.69, 9.17) is 9.47 Å². The lowest BCUT2D eigenvalue weighted by Gasteiger charge is -2.27. The number of aliphatic hydroxyl groups is 1. The number of carbonyl (C=O) groups is 1. The van der Waals surface area contributed by atoms with Crippen molar-refractivity contribution < 1.29 is 19.4 Å². The highest BCUT2D eigenvalue weighted by Crippen LogP contribution is 2.19. The van der Waals surface area contributed by atoms with Crippen molar-refractivity contribution in [2.24, 2.45) is 5.92 Å². The van der Waals surface area contributed by atoms with Crippen molar-refractivity contribution in [3.63, 3.8) is 0 Å². The zero-order chi connectivity index (χ0) is 13.6. The topological polar surface area (TPSA) is 67.8 Å². The second-order valence-corrected chi connectivity index (χ2v) is 5.84. The van der Waals surface area contributed by atoms with E-state index in [9.17, 15) is 9.90 Å². The van der Waals surface area contributed by atoms with E-state index in [1.54, 1.807) is 0 Å². The molecule has 1 aliphatic rings. The minimum atomic E-state index is -0.516. The molecule has 1 unspecified atom stereocenters. The maximum Gasteiger partial charge on any atom is 0.407 e. The highest BCUT2D eigenvalue weighted by atomic mass is 16.6. The average molecular weight is 259 g/mol. The minimum absolute atomic E-state index is 0.0737. The maximum absolute atomic E-state index is 11.6. The summed E-state index contributed by atoms with van der Waals surface area (Å²) in [6.45, 7) is 6.91. The van der Waals surface area contributed by atoms with Crippen LogP contribution in [0.25, 0.3) is 0 Å². The molecule has 2 atom stereocenters. The highest BCUT2D eigenvalue weighted by Gasteiger charge is 2.23. The fourth-order valence-corrected chi connectivity index (χ4v) is 2.05. The molecule has 0 aromatic rings. The van der Waals surface area contributed by atoms with E-state index in [1.807, 2.05) is 20.8 Å². The summed E-state index contributed by atoms with van der Waals surface area (Å²) in [6.07, 6.45) is 2.40. The normalized spacial score (nSPS) is 22.3. The standard InChI is InChI=1S/C13H25NO4/c1-13(2,3)18-12(16)14-11(8-15)7-10-5-4-6-17-9-10/h10-11,15H,4-9H2,1-3H3,(H,14,16)/t10-,11?/m1/s1. The number of hydrogen-bond acceptors (Lipinski definition) is 4. The number of aliphatic hydroxyl groups excluding tert-OH is 1. The van der Waals surface area contributed by atoms with Gasteiger partial charge in [0.15, 0.2) is 0 Å². The van der Waals surface area contributed by atoms with Crippen LogP contribution in [-0.4, -0.2) is 42.7 Å². The first kappa shape index (κ1) is 15.2. The summed E-state index contributed by atoms with van der Waals surface area (Å²) in [7, 11) is 0. The molecule has 0 aromatic heterocycles. The Hall–Kier alpha value is -0.810. The minimum Gasteiger partial charge on any atom is -0.444 e. The van der Waals surface area contributed by atoms with E-state index < -0.39 is 11.7 Å². The van der Waals surface area contributed by atoms with Crippen molar-refractivity contribution in [3.8, 4) is 0 Å².